The molecule has 0 spiro atoms. The first-order chi connectivity index (χ1) is 6.20. The second-order valence-corrected chi connectivity index (χ2v) is 2.66. The summed E-state index contributed by atoms with van der Waals surface area (Å²) in [6, 6.07) is 5.64. The van der Waals surface area contributed by atoms with Crippen molar-refractivity contribution in [2.75, 3.05) is 6.54 Å². The van der Waals surface area contributed by atoms with Crippen LogP contribution in [0.3, 0.4) is 0 Å². The normalized spacial score (nSPS) is 12.2. The second kappa shape index (κ2) is 3.99. The van der Waals surface area contributed by atoms with E-state index >= 15 is 0 Å². The van der Waals surface area contributed by atoms with Crippen LogP contribution in [-0.4, -0.2) is 6.54 Å². The van der Waals surface area contributed by atoms with E-state index in [1.807, 2.05) is 0 Å². The molecule has 0 amide bonds. The number of hydrogen-bond acceptors (Lipinski definition) is 3. The van der Waals surface area contributed by atoms with E-state index in [2.05, 4.69) is 0 Å². The van der Waals surface area contributed by atoms with Gasteiger partial charge >= 0.3 is 0 Å². The molecule has 13 heavy (non-hydrogen) atoms. The number of nitrogens with two attached hydrogens (primary N) is 2. The smallest absolute Gasteiger partial charge is 0.141 e. The lowest BCUT2D eigenvalue weighted by molar-refractivity contribution is 0.615. The highest BCUT2D eigenvalue weighted by molar-refractivity contribution is 5.40. The molecule has 1 rings (SSSR count). The molecule has 1 aromatic carbocycles. The first-order valence-corrected chi connectivity index (χ1v) is 3.85. The molecule has 0 saturated heterocycles. The van der Waals surface area contributed by atoms with Gasteiger partial charge in [0.2, 0.25) is 0 Å². The van der Waals surface area contributed by atoms with Crippen LogP contribution in [0.4, 0.5) is 4.39 Å². The Morgan fingerprint density at radius 2 is 2.23 bits per heavy atom. The minimum atomic E-state index is -0.552. The zero-order chi connectivity index (χ0) is 9.84. The Labute approximate surface area is 75.8 Å². The summed E-state index contributed by atoms with van der Waals surface area (Å²) >= 11 is 0. The van der Waals surface area contributed by atoms with Gasteiger partial charge in [-0.05, 0) is 11.6 Å². The van der Waals surface area contributed by atoms with Gasteiger partial charge < -0.3 is 11.5 Å². The van der Waals surface area contributed by atoms with E-state index in [0.29, 0.717) is 5.56 Å². The molecule has 3 nitrogen and oxygen atoms in total. The molecule has 1 unspecified atom stereocenters. The van der Waals surface area contributed by atoms with Crippen molar-refractivity contribution in [1.82, 2.24) is 0 Å². The van der Waals surface area contributed by atoms with E-state index in [9.17, 15) is 4.39 Å². The lowest BCUT2D eigenvalue weighted by Crippen LogP contribution is -2.22. The summed E-state index contributed by atoms with van der Waals surface area (Å²) in [6.45, 7) is 0.193. The maximum absolute atomic E-state index is 13.0. The maximum atomic E-state index is 13.0. The summed E-state index contributed by atoms with van der Waals surface area (Å²) in [5.74, 6) is -0.552. The Hall–Kier alpha value is -1.44. The first-order valence-electron chi connectivity index (χ1n) is 3.85. The minimum Gasteiger partial charge on any atom is -0.329 e. The summed E-state index contributed by atoms with van der Waals surface area (Å²) < 4.78 is 13.0. The largest absolute Gasteiger partial charge is 0.329 e. The van der Waals surface area contributed by atoms with E-state index in [4.69, 9.17) is 16.7 Å². The van der Waals surface area contributed by atoms with Crippen molar-refractivity contribution >= 4 is 0 Å². The van der Waals surface area contributed by atoms with E-state index in [1.54, 1.807) is 12.1 Å². The first kappa shape index (κ1) is 9.65. The zero-order valence-corrected chi connectivity index (χ0v) is 7.00. The minimum absolute atomic E-state index is 0.0135. The highest BCUT2D eigenvalue weighted by Gasteiger charge is 2.12. The van der Waals surface area contributed by atoms with Gasteiger partial charge in [0.25, 0.3) is 0 Å². The summed E-state index contributed by atoms with van der Waals surface area (Å²) in [5, 5.41) is 8.66. The fourth-order valence-corrected chi connectivity index (χ4v) is 1.09. The van der Waals surface area contributed by atoms with Gasteiger partial charge in [-0.3, -0.25) is 0 Å². The monoisotopic (exact) mass is 179 g/mol. The van der Waals surface area contributed by atoms with Crippen LogP contribution in [0.5, 0.6) is 0 Å². The molecular weight excluding hydrogens is 169 g/mol. The molecule has 0 saturated carbocycles. The molecule has 0 aliphatic heterocycles. The van der Waals surface area contributed by atoms with Gasteiger partial charge in [0.15, 0.2) is 0 Å². The molecule has 4 heteroatoms. The Kier molecular flexibility index (Phi) is 2.96. The van der Waals surface area contributed by atoms with E-state index in [0.717, 1.165) is 0 Å². The number of hydrogen-bond donors (Lipinski definition) is 2. The van der Waals surface area contributed by atoms with Crippen LogP contribution in [0.1, 0.15) is 17.2 Å². The highest BCUT2D eigenvalue weighted by Crippen LogP contribution is 2.17. The molecule has 0 aliphatic rings. The zero-order valence-electron chi connectivity index (χ0n) is 7.00. The molecule has 0 aromatic heterocycles. The standard InChI is InChI=1S/C9H10FN3/c10-8-3-1-2-6(7(8)4-11)9(13)5-12/h1-3,9H,5,12-13H2. The van der Waals surface area contributed by atoms with E-state index < -0.39 is 11.9 Å². The Balaban J connectivity index is 3.22. The lowest BCUT2D eigenvalue weighted by Gasteiger charge is -2.10. The highest BCUT2D eigenvalue weighted by atomic mass is 19.1. The second-order valence-electron chi connectivity index (χ2n) is 2.66. The summed E-state index contributed by atoms with van der Waals surface area (Å²) in [7, 11) is 0. The van der Waals surface area contributed by atoms with Gasteiger partial charge in [-0.2, -0.15) is 5.26 Å². The molecule has 4 N–H and O–H groups in total. The number of rotatable bonds is 2. The van der Waals surface area contributed by atoms with E-state index in [-0.39, 0.29) is 12.1 Å². The van der Waals surface area contributed by atoms with Crippen LogP contribution >= 0.6 is 0 Å². The summed E-state index contributed by atoms with van der Waals surface area (Å²) in [5.41, 5.74) is 11.4. The fraction of sp³-hybridized carbons (Fsp3) is 0.222. The average Bonchev–Trinajstić information content (AvgIpc) is 2.16. The van der Waals surface area contributed by atoms with Crippen LogP contribution in [0.2, 0.25) is 0 Å². The van der Waals surface area contributed by atoms with Gasteiger partial charge in [-0.25, -0.2) is 4.39 Å². The Bertz CT molecular complexity index is 343. The molecule has 0 radical (unpaired) electrons. The van der Waals surface area contributed by atoms with Crippen LogP contribution in [0, 0.1) is 17.1 Å². The summed E-state index contributed by atoms with van der Waals surface area (Å²) in [6.07, 6.45) is 0. The molecule has 0 bridgehead atoms. The predicted octanol–water partition coefficient (Wildman–Crippen LogP) is 0.656. The third-order valence-electron chi connectivity index (χ3n) is 1.81. The maximum Gasteiger partial charge on any atom is 0.141 e. The van der Waals surface area contributed by atoms with Crippen molar-refractivity contribution in [3.63, 3.8) is 0 Å². The molecule has 68 valence electrons. The van der Waals surface area contributed by atoms with Crippen LogP contribution in [0.15, 0.2) is 18.2 Å². The van der Waals surface area contributed by atoms with Gasteiger partial charge in [-0.15, -0.1) is 0 Å². The van der Waals surface area contributed by atoms with Gasteiger partial charge in [0.05, 0.1) is 5.56 Å². The molecule has 0 aliphatic carbocycles. The van der Waals surface area contributed by atoms with E-state index in [1.165, 1.54) is 12.1 Å². The third-order valence-corrected chi connectivity index (χ3v) is 1.81. The number of halogens is 1. The van der Waals surface area contributed by atoms with Crippen molar-refractivity contribution in [2.24, 2.45) is 11.5 Å². The SMILES string of the molecule is N#Cc1c(F)cccc1C(N)CN. The number of nitriles is 1. The van der Waals surface area contributed by atoms with Crippen molar-refractivity contribution < 1.29 is 4.39 Å². The molecule has 0 heterocycles. The summed E-state index contributed by atoms with van der Waals surface area (Å²) in [4.78, 5) is 0. The third kappa shape index (κ3) is 1.83. The van der Waals surface area contributed by atoms with Crippen LogP contribution in [0.25, 0.3) is 0 Å². The van der Waals surface area contributed by atoms with Crippen LogP contribution in [-0.2, 0) is 0 Å². The van der Waals surface area contributed by atoms with Gasteiger partial charge in [-0.1, -0.05) is 12.1 Å². The molecular formula is C9H10FN3. The Morgan fingerprint density at radius 1 is 1.54 bits per heavy atom. The predicted molar refractivity (Wildman–Crippen MR) is 47.1 cm³/mol. The van der Waals surface area contributed by atoms with Crippen molar-refractivity contribution in [3.05, 3.63) is 35.1 Å². The number of benzene rings is 1. The molecule has 1 aromatic rings. The van der Waals surface area contributed by atoms with Gasteiger partial charge in [0, 0.05) is 12.6 Å². The van der Waals surface area contributed by atoms with Crippen molar-refractivity contribution in [1.29, 1.82) is 5.26 Å². The molecule has 0 fully saturated rings. The fourth-order valence-electron chi connectivity index (χ4n) is 1.09. The molecule has 1 atom stereocenters. The lowest BCUT2D eigenvalue weighted by atomic mass is 10.0. The van der Waals surface area contributed by atoms with Crippen molar-refractivity contribution in [2.45, 2.75) is 6.04 Å². The van der Waals surface area contributed by atoms with Crippen LogP contribution < -0.4 is 11.5 Å². The number of nitrogens with zero attached hydrogens (tertiary/aromatic N) is 1. The Morgan fingerprint density at radius 3 is 2.77 bits per heavy atom. The van der Waals surface area contributed by atoms with Crippen molar-refractivity contribution in [3.8, 4) is 6.07 Å². The topological polar surface area (TPSA) is 75.8 Å². The van der Waals surface area contributed by atoms with Gasteiger partial charge in [0.1, 0.15) is 11.9 Å². The quantitative estimate of drug-likeness (QED) is 0.700. The average molecular weight is 179 g/mol.